The fourth-order valence-corrected chi connectivity index (χ4v) is 3.66. The molecule has 1 saturated carbocycles. The summed E-state index contributed by atoms with van der Waals surface area (Å²) in [6.45, 7) is 10.3. The molecular weight excluding hydrogens is 254 g/mol. The lowest BCUT2D eigenvalue weighted by Gasteiger charge is -2.33. The molecule has 118 valence electrons. The van der Waals surface area contributed by atoms with E-state index in [-0.39, 0.29) is 0 Å². The Labute approximate surface area is 131 Å². The molecular formula is C20H33N. The highest BCUT2D eigenvalue weighted by molar-refractivity contribution is 5.27. The van der Waals surface area contributed by atoms with Crippen LogP contribution in [0.25, 0.3) is 0 Å². The van der Waals surface area contributed by atoms with Crippen LogP contribution in [0, 0.1) is 11.8 Å². The Morgan fingerprint density at radius 2 is 1.57 bits per heavy atom. The molecule has 1 fully saturated rings. The Balaban J connectivity index is 2.10. The van der Waals surface area contributed by atoms with E-state index in [1.54, 1.807) is 0 Å². The number of nitrogens with one attached hydrogen (secondary N) is 1. The third kappa shape index (κ3) is 4.32. The minimum absolute atomic E-state index is 0.550. The number of benzene rings is 1. The smallest absolute Gasteiger partial charge is 0.0348 e. The third-order valence-electron chi connectivity index (χ3n) is 5.43. The zero-order chi connectivity index (χ0) is 15.2. The number of hydrogen-bond acceptors (Lipinski definition) is 1. The average molecular weight is 287 g/mol. The van der Waals surface area contributed by atoms with Crippen molar-refractivity contribution in [2.75, 3.05) is 6.54 Å². The Hall–Kier alpha value is -0.820. The predicted molar refractivity (Wildman–Crippen MR) is 92.7 cm³/mol. The average Bonchev–Trinajstić information content (AvgIpc) is 2.53. The topological polar surface area (TPSA) is 12.0 Å². The summed E-state index contributed by atoms with van der Waals surface area (Å²) in [6.07, 6.45) is 6.78. The van der Waals surface area contributed by atoms with E-state index >= 15 is 0 Å². The van der Waals surface area contributed by atoms with E-state index in [0.717, 1.165) is 18.4 Å². The lowest BCUT2D eigenvalue weighted by Crippen LogP contribution is -2.30. The van der Waals surface area contributed by atoms with E-state index in [0.29, 0.717) is 12.0 Å². The summed E-state index contributed by atoms with van der Waals surface area (Å²) >= 11 is 0. The molecule has 1 aliphatic rings. The lowest BCUT2D eigenvalue weighted by molar-refractivity contribution is 0.233. The first-order valence-corrected chi connectivity index (χ1v) is 8.98. The van der Waals surface area contributed by atoms with Gasteiger partial charge >= 0.3 is 0 Å². The van der Waals surface area contributed by atoms with Crippen molar-refractivity contribution in [3.05, 3.63) is 35.4 Å². The highest BCUT2D eigenvalue weighted by Crippen LogP contribution is 2.37. The van der Waals surface area contributed by atoms with Crippen LogP contribution in [-0.2, 0) is 0 Å². The van der Waals surface area contributed by atoms with Gasteiger partial charge in [-0.05, 0) is 54.7 Å². The van der Waals surface area contributed by atoms with Gasteiger partial charge in [-0.1, -0.05) is 64.8 Å². The fraction of sp³-hybridized carbons (Fsp3) is 0.700. The van der Waals surface area contributed by atoms with Gasteiger partial charge in [0.05, 0.1) is 0 Å². The second-order valence-electron chi connectivity index (χ2n) is 7.03. The summed E-state index contributed by atoms with van der Waals surface area (Å²) in [4.78, 5) is 0. The quantitative estimate of drug-likeness (QED) is 0.710. The van der Waals surface area contributed by atoms with Crippen molar-refractivity contribution in [3.8, 4) is 0 Å². The zero-order valence-electron chi connectivity index (χ0n) is 14.4. The largest absolute Gasteiger partial charge is 0.310 e. The van der Waals surface area contributed by atoms with Gasteiger partial charge in [-0.2, -0.15) is 0 Å². The van der Waals surface area contributed by atoms with Crippen molar-refractivity contribution in [2.24, 2.45) is 11.8 Å². The maximum atomic E-state index is 3.75. The van der Waals surface area contributed by atoms with E-state index in [2.05, 4.69) is 57.3 Å². The Morgan fingerprint density at radius 3 is 2.10 bits per heavy atom. The van der Waals surface area contributed by atoms with Gasteiger partial charge in [0.25, 0.3) is 0 Å². The van der Waals surface area contributed by atoms with Crippen LogP contribution in [0.4, 0.5) is 0 Å². The van der Waals surface area contributed by atoms with Gasteiger partial charge in [0.15, 0.2) is 0 Å². The van der Waals surface area contributed by atoms with E-state index in [4.69, 9.17) is 0 Å². The van der Waals surface area contributed by atoms with E-state index in [1.165, 1.54) is 43.2 Å². The van der Waals surface area contributed by atoms with Crippen molar-refractivity contribution in [2.45, 2.75) is 71.8 Å². The Kier molecular flexibility index (Phi) is 6.29. The molecule has 1 N–H and O–H groups in total. The fourth-order valence-electron chi connectivity index (χ4n) is 3.66. The third-order valence-corrected chi connectivity index (χ3v) is 5.43. The molecule has 0 heterocycles. The van der Waals surface area contributed by atoms with Gasteiger partial charge in [0.2, 0.25) is 0 Å². The zero-order valence-corrected chi connectivity index (χ0v) is 14.4. The molecule has 0 radical (unpaired) electrons. The molecule has 2 atom stereocenters. The minimum Gasteiger partial charge on any atom is -0.310 e. The molecule has 1 aromatic carbocycles. The van der Waals surface area contributed by atoms with Crippen LogP contribution < -0.4 is 5.32 Å². The van der Waals surface area contributed by atoms with Crippen molar-refractivity contribution >= 4 is 0 Å². The summed E-state index contributed by atoms with van der Waals surface area (Å²) in [6, 6.07) is 9.98. The second-order valence-corrected chi connectivity index (χ2v) is 7.03. The van der Waals surface area contributed by atoms with E-state index in [9.17, 15) is 0 Å². The van der Waals surface area contributed by atoms with Crippen LogP contribution in [0.3, 0.4) is 0 Å². The van der Waals surface area contributed by atoms with Gasteiger partial charge in [-0.15, -0.1) is 0 Å². The molecule has 2 unspecified atom stereocenters. The van der Waals surface area contributed by atoms with Gasteiger partial charge in [0.1, 0.15) is 0 Å². The molecule has 1 aliphatic carbocycles. The molecule has 0 aromatic heterocycles. The number of rotatable bonds is 6. The van der Waals surface area contributed by atoms with Crippen molar-refractivity contribution in [3.63, 3.8) is 0 Å². The molecule has 1 nitrogen and oxygen atoms in total. The maximum Gasteiger partial charge on any atom is 0.0348 e. The standard InChI is InChI=1S/C20H33N/c1-5-16(4)17-11-13-19(14-12-17)20(21-6-2)18-9-7-15(3)8-10-18/h11-16,18,20-21H,5-10H2,1-4H3. The Bertz CT molecular complexity index is 400. The van der Waals surface area contributed by atoms with Crippen LogP contribution in [0.5, 0.6) is 0 Å². The van der Waals surface area contributed by atoms with E-state index in [1.807, 2.05) is 0 Å². The first-order valence-electron chi connectivity index (χ1n) is 8.98. The van der Waals surface area contributed by atoms with E-state index < -0.39 is 0 Å². The highest BCUT2D eigenvalue weighted by Gasteiger charge is 2.26. The van der Waals surface area contributed by atoms with Gasteiger partial charge in [0, 0.05) is 6.04 Å². The van der Waals surface area contributed by atoms with Crippen LogP contribution in [0.1, 0.15) is 82.9 Å². The van der Waals surface area contributed by atoms with Crippen molar-refractivity contribution in [1.29, 1.82) is 0 Å². The second kappa shape index (κ2) is 7.98. The Morgan fingerprint density at radius 1 is 1.00 bits per heavy atom. The van der Waals surface area contributed by atoms with Crippen LogP contribution in [-0.4, -0.2) is 6.54 Å². The molecule has 1 heteroatoms. The van der Waals surface area contributed by atoms with Gasteiger partial charge in [-0.25, -0.2) is 0 Å². The summed E-state index contributed by atoms with van der Waals surface area (Å²) in [5.41, 5.74) is 2.97. The molecule has 0 saturated heterocycles. The first-order chi connectivity index (χ1) is 10.2. The maximum absolute atomic E-state index is 3.75. The first kappa shape index (κ1) is 16.5. The molecule has 0 spiro atoms. The molecule has 21 heavy (non-hydrogen) atoms. The molecule has 0 aliphatic heterocycles. The van der Waals surface area contributed by atoms with Crippen LogP contribution in [0.2, 0.25) is 0 Å². The number of hydrogen-bond donors (Lipinski definition) is 1. The molecule has 2 rings (SSSR count). The SMILES string of the molecule is CCNC(c1ccc(C(C)CC)cc1)C1CCC(C)CC1. The van der Waals surface area contributed by atoms with Gasteiger partial charge < -0.3 is 5.32 Å². The van der Waals surface area contributed by atoms with Crippen LogP contribution >= 0.6 is 0 Å². The minimum atomic E-state index is 0.550. The van der Waals surface area contributed by atoms with Crippen molar-refractivity contribution in [1.82, 2.24) is 5.32 Å². The molecule has 1 aromatic rings. The van der Waals surface area contributed by atoms with Crippen LogP contribution in [0.15, 0.2) is 24.3 Å². The van der Waals surface area contributed by atoms with Crippen molar-refractivity contribution < 1.29 is 0 Å². The molecule has 0 bridgehead atoms. The molecule has 0 amide bonds. The summed E-state index contributed by atoms with van der Waals surface area (Å²) in [5, 5.41) is 3.75. The lowest BCUT2D eigenvalue weighted by atomic mass is 9.77. The van der Waals surface area contributed by atoms with Gasteiger partial charge in [-0.3, -0.25) is 0 Å². The summed E-state index contributed by atoms with van der Waals surface area (Å²) in [7, 11) is 0. The summed E-state index contributed by atoms with van der Waals surface area (Å²) in [5.74, 6) is 2.42. The highest BCUT2D eigenvalue weighted by atomic mass is 14.9. The predicted octanol–water partition coefficient (Wildman–Crippen LogP) is 5.68. The summed E-state index contributed by atoms with van der Waals surface area (Å²) < 4.78 is 0. The normalized spacial score (nSPS) is 25.5. The monoisotopic (exact) mass is 287 g/mol.